The quantitative estimate of drug-likeness (QED) is 0.790. The molecule has 0 aliphatic carbocycles. The first-order valence-electron chi connectivity index (χ1n) is 5.74. The molecular formula is C13H17NO2. The topological polar surface area (TPSA) is 38.3 Å². The van der Waals surface area contributed by atoms with Gasteiger partial charge in [0.2, 0.25) is 0 Å². The van der Waals surface area contributed by atoms with Crippen LogP contribution in [0.25, 0.3) is 0 Å². The van der Waals surface area contributed by atoms with E-state index in [9.17, 15) is 4.79 Å². The van der Waals surface area contributed by atoms with Gasteiger partial charge in [-0.2, -0.15) is 0 Å². The van der Waals surface area contributed by atoms with Gasteiger partial charge in [-0.25, -0.2) is 0 Å². The van der Waals surface area contributed by atoms with Gasteiger partial charge in [0, 0.05) is 6.54 Å². The number of carbonyl (C=O) groups excluding carboxylic acids is 1. The first-order valence-corrected chi connectivity index (χ1v) is 5.74. The lowest BCUT2D eigenvalue weighted by Gasteiger charge is -2.24. The predicted octanol–water partition coefficient (Wildman–Crippen LogP) is 2.02. The number of piperidine rings is 1. The summed E-state index contributed by atoms with van der Waals surface area (Å²) >= 11 is 0. The minimum absolute atomic E-state index is 0.0550. The molecule has 0 spiro atoms. The van der Waals surface area contributed by atoms with Crippen molar-refractivity contribution >= 4 is 5.78 Å². The van der Waals surface area contributed by atoms with Crippen LogP contribution in [0.5, 0.6) is 5.75 Å². The van der Waals surface area contributed by atoms with E-state index in [1.165, 1.54) is 0 Å². The number of rotatable bonds is 3. The van der Waals surface area contributed by atoms with Crippen molar-refractivity contribution in [3.63, 3.8) is 0 Å². The summed E-state index contributed by atoms with van der Waals surface area (Å²) < 4.78 is 5.86. The molecule has 0 saturated carbocycles. The molecule has 1 aliphatic rings. The maximum absolute atomic E-state index is 11.4. The molecule has 1 fully saturated rings. The van der Waals surface area contributed by atoms with Crippen molar-refractivity contribution in [3.8, 4) is 5.75 Å². The number of benzene rings is 1. The van der Waals surface area contributed by atoms with Crippen LogP contribution >= 0.6 is 0 Å². The van der Waals surface area contributed by atoms with Crippen LogP contribution in [0.3, 0.4) is 0 Å². The van der Waals surface area contributed by atoms with Crippen LogP contribution in [0.2, 0.25) is 0 Å². The molecule has 2 rings (SSSR count). The van der Waals surface area contributed by atoms with Crippen molar-refractivity contribution in [2.45, 2.75) is 25.9 Å². The maximum atomic E-state index is 11.4. The molecule has 0 bridgehead atoms. The van der Waals surface area contributed by atoms with Crippen LogP contribution < -0.4 is 10.1 Å². The van der Waals surface area contributed by atoms with E-state index < -0.39 is 0 Å². The molecular weight excluding hydrogens is 202 g/mol. The second-order valence-electron chi connectivity index (χ2n) is 4.14. The lowest BCUT2D eigenvalue weighted by Crippen LogP contribution is -2.37. The zero-order valence-electron chi connectivity index (χ0n) is 9.53. The number of para-hydroxylation sites is 1. The van der Waals surface area contributed by atoms with Gasteiger partial charge in [-0.05, 0) is 38.4 Å². The molecule has 1 aromatic carbocycles. The second kappa shape index (κ2) is 5.12. The van der Waals surface area contributed by atoms with E-state index in [1.807, 2.05) is 24.3 Å². The highest BCUT2D eigenvalue weighted by molar-refractivity contribution is 5.96. The Hall–Kier alpha value is -1.35. The molecule has 1 heterocycles. The summed E-state index contributed by atoms with van der Waals surface area (Å²) in [5.41, 5.74) is 0.674. The SMILES string of the molecule is CC(=O)c1ccccc1OC1CCCNC1. The Morgan fingerprint density at radius 1 is 1.44 bits per heavy atom. The fourth-order valence-electron chi connectivity index (χ4n) is 1.96. The molecule has 16 heavy (non-hydrogen) atoms. The average molecular weight is 219 g/mol. The van der Waals surface area contributed by atoms with Gasteiger partial charge in [0.05, 0.1) is 5.56 Å². The number of ether oxygens (including phenoxy) is 1. The van der Waals surface area contributed by atoms with Crippen LogP contribution in [-0.2, 0) is 0 Å². The first kappa shape index (κ1) is 11.1. The van der Waals surface area contributed by atoms with E-state index >= 15 is 0 Å². The molecule has 86 valence electrons. The van der Waals surface area contributed by atoms with Gasteiger partial charge in [0.1, 0.15) is 11.9 Å². The molecule has 1 unspecified atom stereocenters. The fraction of sp³-hybridized carbons (Fsp3) is 0.462. The number of carbonyl (C=O) groups is 1. The third kappa shape index (κ3) is 2.61. The summed E-state index contributed by atoms with van der Waals surface area (Å²) in [7, 11) is 0. The van der Waals surface area contributed by atoms with E-state index in [1.54, 1.807) is 6.92 Å². The third-order valence-electron chi connectivity index (χ3n) is 2.81. The van der Waals surface area contributed by atoms with E-state index in [0.717, 1.165) is 25.9 Å². The average Bonchev–Trinajstić information content (AvgIpc) is 2.31. The lowest BCUT2D eigenvalue weighted by molar-refractivity contribution is 0.100. The first-order chi connectivity index (χ1) is 7.77. The Morgan fingerprint density at radius 2 is 2.25 bits per heavy atom. The fourth-order valence-corrected chi connectivity index (χ4v) is 1.96. The zero-order valence-corrected chi connectivity index (χ0v) is 9.53. The standard InChI is InChI=1S/C13H17NO2/c1-10(15)12-6-2-3-7-13(12)16-11-5-4-8-14-9-11/h2-3,6-7,11,14H,4-5,8-9H2,1H3. The minimum Gasteiger partial charge on any atom is -0.488 e. The highest BCUT2D eigenvalue weighted by atomic mass is 16.5. The molecule has 1 aliphatic heterocycles. The van der Waals surface area contributed by atoms with Crippen molar-refractivity contribution in [1.29, 1.82) is 0 Å². The Balaban J connectivity index is 2.10. The van der Waals surface area contributed by atoms with Gasteiger partial charge in [0.25, 0.3) is 0 Å². The van der Waals surface area contributed by atoms with Gasteiger partial charge in [-0.1, -0.05) is 12.1 Å². The number of Topliss-reactive ketones (excluding diaryl/α,β-unsaturated/α-hetero) is 1. The molecule has 1 saturated heterocycles. The molecule has 0 radical (unpaired) electrons. The van der Waals surface area contributed by atoms with E-state index in [4.69, 9.17) is 4.74 Å². The van der Waals surface area contributed by atoms with Crippen LogP contribution in [0, 0.1) is 0 Å². The second-order valence-corrected chi connectivity index (χ2v) is 4.14. The molecule has 3 nitrogen and oxygen atoms in total. The molecule has 1 aromatic rings. The van der Waals surface area contributed by atoms with Crippen LogP contribution in [-0.4, -0.2) is 25.0 Å². The summed E-state index contributed by atoms with van der Waals surface area (Å²) in [6.45, 7) is 3.50. The molecule has 0 aromatic heterocycles. The highest BCUT2D eigenvalue weighted by Crippen LogP contribution is 2.21. The summed E-state index contributed by atoms with van der Waals surface area (Å²) in [6, 6.07) is 7.44. The molecule has 3 heteroatoms. The molecule has 0 amide bonds. The number of nitrogens with one attached hydrogen (secondary N) is 1. The highest BCUT2D eigenvalue weighted by Gasteiger charge is 2.16. The zero-order chi connectivity index (χ0) is 11.4. The third-order valence-corrected chi connectivity index (χ3v) is 2.81. The Bertz CT molecular complexity index is 370. The summed E-state index contributed by atoms with van der Waals surface area (Å²) in [5, 5.41) is 3.29. The van der Waals surface area contributed by atoms with Crippen molar-refractivity contribution < 1.29 is 9.53 Å². The Morgan fingerprint density at radius 3 is 2.94 bits per heavy atom. The number of hydrogen-bond acceptors (Lipinski definition) is 3. The van der Waals surface area contributed by atoms with Gasteiger partial charge in [0.15, 0.2) is 5.78 Å². The van der Waals surface area contributed by atoms with Gasteiger partial charge >= 0.3 is 0 Å². The Labute approximate surface area is 95.8 Å². The van der Waals surface area contributed by atoms with Crippen LogP contribution in [0.1, 0.15) is 30.1 Å². The number of ketones is 1. The van der Waals surface area contributed by atoms with Crippen LogP contribution in [0.4, 0.5) is 0 Å². The van der Waals surface area contributed by atoms with Crippen molar-refractivity contribution in [2.75, 3.05) is 13.1 Å². The van der Waals surface area contributed by atoms with Gasteiger partial charge in [-0.15, -0.1) is 0 Å². The Kier molecular flexibility index (Phi) is 3.57. The number of hydrogen-bond donors (Lipinski definition) is 1. The van der Waals surface area contributed by atoms with E-state index in [-0.39, 0.29) is 11.9 Å². The van der Waals surface area contributed by atoms with Gasteiger partial charge < -0.3 is 10.1 Å². The summed E-state index contributed by atoms with van der Waals surface area (Å²) in [5.74, 6) is 0.767. The maximum Gasteiger partial charge on any atom is 0.163 e. The monoisotopic (exact) mass is 219 g/mol. The normalized spacial score (nSPS) is 20.4. The smallest absolute Gasteiger partial charge is 0.163 e. The van der Waals surface area contributed by atoms with Crippen molar-refractivity contribution in [3.05, 3.63) is 29.8 Å². The summed E-state index contributed by atoms with van der Waals surface area (Å²) in [4.78, 5) is 11.4. The minimum atomic E-state index is 0.0550. The largest absolute Gasteiger partial charge is 0.488 e. The van der Waals surface area contributed by atoms with Gasteiger partial charge in [-0.3, -0.25) is 4.79 Å². The lowest BCUT2D eigenvalue weighted by atomic mass is 10.1. The predicted molar refractivity (Wildman–Crippen MR) is 63.0 cm³/mol. The van der Waals surface area contributed by atoms with Crippen molar-refractivity contribution in [2.24, 2.45) is 0 Å². The molecule has 1 atom stereocenters. The molecule has 1 N–H and O–H groups in total. The van der Waals surface area contributed by atoms with Crippen LogP contribution in [0.15, 0.2) is 24.3 Å². The van der Waals surface area contributed by atoms with E-state index in [0.29, 0.717) is 11.3 Å². The van der Waals surface area contributed by atoms with E-state index in [2.05, 4.69) is 5.32 Å². The van der Waals surface area contributed by atoms with Crippen molar-refractivity contribution in [1.82, 2.24) is 5.32 Å². The summed E-state index contributed by atoms with van der Waals surface area (Å²) in [6.07, 6.45) is 2.38.